The Kier molecular flexibility index (Phi) is 5.12. The van der Waals surface area contributed by atoms with E-state index in [9.17, 15) is 5.11 Å². The van der Waals surface area contributed by atoms with Gasteiger partial charge in [-0.3, -0.25) is 0 Å². The lowest BCUT2D eigenvalue weighted by Crippen LogP contribution is -2.28. The topological polar surface area (TPSA) is 41.5 Å². The first-order chi connectivity index (χ1) is 8.96. The molecular formula is C14H22ClNO2S. The second-order valence-corrected chi connectivity index (χ2v) is 7.45. The number of ether oxygens (including phenoxy) is 1. The molecule has 0 aliphatic carbocycles. The van der Waals surface area contributed by atoms with Gasteiger partial charge in [-0.2, -0.15) is 0 Å². The fourth-order valence-corrected chi connectivity index (χ4v) is 3.55. The van der Waals surface area contributed by atoms with E-state index in [1.165, 1.54) is 17.7 Å². The van der Waals surface area contributed by atoms with Crippen LogP contribution in [-0.4, -0.2) is 30.4 Å². The molecule has 108 valence electrons. The van der Waals surface area contributed by atoms with Gasteiger partial charge >= 0.3 is 0 Å². The van der Waals surface area contributed by atoms with Crippen molar-refractivity contribution < 1.29 is 9.84 Å². The number of rotatable bonds is 5. The van der Waals surface area contributed by atoms with Crippen LogP contribution in [0.15, 0.2) is 6.07 Å². The summed E-state index contributed by atoms with van der Waals surface area (Å²) in [5.74, 6) is 1.40. The van der Waals surface area contributed by atoms with Crippen molar-refractivity contribution in [2.75, 3.05) is 19.7 Å². The van der Waals surface area contributed by atoms with E-state index in [0.717, 1.165) is 23.2 Å². The molecule has 0 aromatic carbocycles. The highest BCUT2D eigenvalue weighted by Gasteiger charge is 2.22. The molecule has 1 unspecified atom stereocenters. The highest BCUT2D eigenvalue weighted by Crippen LogP contribution is 2.40. The van der Waals surface area contributed by atoms with E-state index in [1.54, 1.807) is 25.2 Å². The minimum Gasteiger partial charge on any atom is -0.492 e. The second-order valence-electron chi connectivity index (χ2n) is 5.73. The predicted molar refractivity (Wildman–Crippen MR) is 80.6 cm³/mol. The molecule has 0 radical (unpaired) electrons. The Hall–Kier alpha value is -0.290. The zero-order valence-corrected chi connectivity index (χ0v) is 13.1. The number of aliphatic hydroxyl groups is 1. The highest BCUT2D eigenvalue weighted by atomic mass is 35.5. The summed E-state index contributed by atoms with van der Waals surface area (Å²) in [5, 5.41) is 13.1. The summed E-state index contributed by atoms with van der Waals surface area (Å²) in [6.07, 6.45) is 3.00. The van der Waals surface area contributed by atoms with E-state index < -0.39 is 5.60 Å². The average Bonchev–Trinajstić information content (AvgIpc) is 2.70. The van der Waals surface area contributed by atoms with Crippen molar-refractivity contribution in [2.24, 2.45) is 0 Å². The molecule has 1 aliphatic heterocycles. The Labute approximate surface area is 123 Å². The molecule has 0 amide bonds. The van der Waals surface area contributed by atoms with Crippen LogP contribution in [0.5, 0.6) is 5.75 Å². The molecule has 2 heterocycles. The van der Waals surface area contributed by atoms with Crippen molar-refractivity contribution in [3.8, 4) is 5.75 Å². The standard InChI is InChI=1S/C14H22ClNO2S/c1-14(2,17)5-7-18-11-8-12(15)19-13(11)10-4-3-6-16-9-10/h8,10,16-17H,3-7,9H2,1-2H3. The molecule has 0 spiro atoms. The number of hydrogen-bond acceptors (Lipinski definition) is 4. The van der Waals surface area contributed by atoms with Crippen LogP contribution in [0.1, 0.15) is 43.9 Å². The number of piperidine rings is 1. The fourth-order valence-electron chi connectivity index (χ4n) is 2.24. The highest BCUT2D eigenvalue weighted by molar-refractivity contribution is 7.16. The number of nitrogens with one attached hydrogen (secondary N) is 1. The maximum atomic E-state index is 9.71. The minimum absolute atomic E-state index is 0.503. The van der Waals surface area contributed by atoms with E-state index in [-0.39, 0.29) is 0 Å². The van der Waals surface area contributed by atoms with Gasteiger partial charge < -0.3 is 15.2 Å². The van der Waals surface area contributed by atoms with Crippen LogP contribution in [0, 0.1) is 0 Å². The molecule has 5 heteroatoms. The van der Waals surface area contributed by atoms with E-state index in [0.29, 0.717) is 18.9 Å². The molecule has 1 saturated heterocycles. The van der Waals surface area contributed by atoms with E-state index in [1.807, 2.05) is 6.07 Å². The smallest absolute Gasteiger partial charge is 0.135 e. The Morgan fingerprint density at radius 1 is 1.58 bits per heavy atom. The van der Waals surface area contributed by atoms with Gasteiger partial charge in [0, 0.05) is 24.9 Å². The van der Waals surface area contributed by atoms with Gasteiger partial charge in [0.1, 0.15) is 5.75 Å². The molecule has 0 saturated carbocycles. The molecule has 1 fully saturated rings. The first-order valence-electron chi connectivity index (χ1n) is 6.81. The zero-order chi connectivity index (χ0) is 13.9. The van der Waals surface area contributed by atoms with Crippen molar-refractivity contribution in [1.29, 1.82) is 0 Å². The van der Waals surface area contributed by atoms with Gasteiger partial charge in [0.15, 0.2) is 0 Å². The van der Waals surface area contributed by atoms with Crippen LogP contribution in [-0.2, 0) is 0 Å². The Morgan fingerprint density at radius 2 is 2.37 bits per heavy atom. The molecule has 0 bridgehead atoms. The summed E-state index contributed by atoms with van der Waals surface area (Å²) < 4.78 is 6.60. The van der Waals surface area contributed by atoms with Gasteiger partial charge in [-0.05, 0) is 33.2 Å². The van der Waals surface area contributed by atoms with Gasteiger partial charge in [0.2, 0.25) is 0 Å². The molecule has 1 aromatic rings. The molecule has 3 nitrogen and oxygen atoms in total. The van der Waals surface area contributed by atoms with Crippen molar-refractivity contribution >= 4 is 22.9 Å². The van der Waals surface area contributed by atoms with Crippen molar-refractivity contribution in [3.05, 3.63) is 15.3 Å². The second kappa shape index (κ2) is 6.44. The molecule has 2 N–H and O–H groups in total. The average molecular weight is 304 g/mol. The van der Waals surface area contributed by atoms with Gasteiger partial charge in [-0.25, -0.2) is 0 Å². The fraction of sp³-hybridized carbons (Fsp3) is 0.714. The van der Waals surface area contributed by atoms with E-state index >= 15 is 0 Å². The van der Waals surface area contributed by atoms with Crippen LogP contribution in [0.2, 0.25) is 4.34 Å². The molecule has 1 aromatic heterocycles. The summed E-state index contributed by atoms with van der Waals surface area (Å²) in [5.41, 5.74) is -0.688. The summed E-state index contributed by atoms with van der Waals surface area (Å²) >= 11 is 7.74. The third-order valence-corrected chi connectivity index (χ3v) is 4.74. The summed E-state index contributed by atoms with van der Waals surface area (Å²) in [6.45, 7) is 6.21. The molecular weight excluding hydrogens is 282 g/mol. The summed E-state index contributed by atoms with van der Waals surface area (Å²) in [4.78, 5) is 1.24. The van der Waals surface area contributed by atoms with E-state index in [2.05, 4.69) is 5.32 Å². The number of halogens is 1. The van der Waals surface area contributed by atoms with Crippen molar-refractivity contribution in [2.45, 2.75) is 44.6 Å². The normalized spacial score (nSPS) is 20.5. The first kappa shape index (κ1) is 15.1. The number of hydrogen-bond donors (Lipinski definition) is 2. The molecule has 19 heavy (non-hydrogen) atoms. The summed E-state index contributed by atoms with van der Waals surface area (Å²) in [6, 6.07) is 1.90. The molecule has 1 atom stereocenters. The van der Waals surface area contributed by atoms with Gasteiger partial charge in [-0.1, -0.05) is 11.6 Å². The first-order valence-corrected chi connectivity index (χ1v) is 8.00. The molecule has 1 aliphatic rings. The lowest BCUT2D eigenvalue weighted by Gasteiger charge is -2.23. The van der Waals surface area contributed by atoms with Crippen LogP contribution >= 0.6 is 22.9 Å². The van der Waals surface area contributed by atoms with Crippen LogP contribution in [0.25, 0.3) is 0 Å². The monoisotopic (exact) mass is 303 g/mol. The summed E-state index contributed by atoms with van der Waals surface area (Å²) in [7, 11) is 0. The van der Waals surface area contributed by atoms with Gasteiger partial charge in [0.25, 0.3) is 0 Å². The van der Waals surface area contributed by atoms with Gasteiger partial charge in [0.05, 0.1) is 21.4 Å². The van der Waals surface area contributed by atoms with Crippen molar-refractivity contribution in [3.63, 3.8) is 0 Å². The van der Waals surface area contributed by atoms with Crippen LogP contribution in [0.4, 0.5) is 0 Å². The number of thiophene rings is 1. The van der Waals surface area contributed by atoms with Crippen LogP contribution in [0.3, 0.4) is 0 Å². The Balaban J connectivity index is 1.99. The zero-order valence-electron chi connectivity index (χ0n) is 11.5. The Bertz CT molecular complexity index is 408. The maximum absolute atomic E-state index is 9.71. The SMILES string of the molecule is CC(C)(O)CCOc1cc(Cl)sc1C1CCCNC1. The molecule has 2 rings (SSSR count). The quantitative estimate of drug-likeness (QED) is 0.876. The lowest BCUT2D eigenvalue weighted by molar-refractivity contribution is 0.0552. The van der Waals surface area contributed by atoms with Crippen LogP contribution < -0.4 is 10.1 Å². The van der Waals surface area contributed by atoms with Gasteiger partial charge in [-0.15, -0.1) is 11.3 Å². The Morgan fingerprint density at radius 3 is 3.00 bits per heavy atom. The maximum Gasteiger partial charge on any atom is 0.135 e. The third-order valence-electron chi connectivity index (χ3n) is 3.33. The predicted octanol–water partition coefficient (Wildman–Crippen LogP) is 3.41. The largest absolute Gasteiger partial charge is 0.492 e. The van der Waals surface area contributed by atoms with E-state index in [4.69, 9.17) is 16.3 Å². The minimum atomic E-state index is -0.688. The lowest BCUT2D eigenvalue weighted by atomic mass is 9.97. The third kappa shape index (κ3) is 4.63. The van der Waals surface area contributed by atoms with Crippen molar-refractivity contribution in [1.82, 2.24) is 5.32 Å².